The van der Waals surface area contributed by atoms with Gasteiger partial charge in [0, 0.05) is 20.8 Å². The highest BCUT2D eigenvalue weighted by molar-refractivity contribution is 9.10. The maximum atomic E-state index is 14.0. The summed E-state index contributed by atoms with van der Waals surface area (Å²) in [5.74, 6) is -2.96. The molecule has 6 nitrogen and oxygen atoms in total. The minimum atomic E-state index is -4.77. The number of nitrogens with one attached hydrogen (secondary N) is 1. The number of nitrogens with zero attached hydrogens (tertiary/aromatic N) is 1. The van der Waals surface area contributed by atoms with Crippen LogP contribution in [0.5, 0.6) is 5.75 Å². The number of rotatable bonds is 5. The zero-order valence-electron chi connectivity index (χ0n) is 20.3. The minimum Gasteiger partial charge on any atom is -0.489 e. The van der Waals surface area contributed by atoms with Gasteiger partial charge in [0.05, 0.1) is 22.2 Å². The number of thioether (sulfide) groups is 1. The number of alkyl halides is 3. The molecular formula is C28H18BrF3N2O4S2. The fraction of sp³-hybridized carbons (Fsp3) is 0.179. The SMILES string of the molecule is O=C1C2Sc3[nH]c(=O)sc3C(c3cc(Br)ccc3OCc3ccccc3)C2C(=O)N1c1ccccc1C(F)(F)F. The molecule has 1 fully saturated rings. The van der Waals surface area contributed by atoms with E-state index in [2.05, 4.69) is 20.9 Å². The fourth-order valence-electron chi connectivity index (χ4n) is 5.13. The summed E-state index contributed by atoms with van der Waals surface area (Å²) in [6.07, 6.45) is -4.77. The van der Waals surface area contributed by atoms with E-state index < -0.39 is 46.3 Å². The summed E-state index contributed by atoms with van der Waals surface area (Å²) in [5.41, 5.74) is -0.133. The quantitative estimate of drug-likeness (QED) is 0.248. The van der Waals surface area contributed by atoms with Gasteiger partial charge in [0.1, 0.15) is 17.6 Å². The standard InChI is InChI=1S/C28H18BrF3N2O4S2/c29-15-10-11-19(38-13-14-6-2-1-3-7-14)16(12-15)20-21-23(39-24-22(20)40-27(37)33-24)26(36)34(25(21)35)18-9-5-4-8-17(18)28(30,31)32/h1-12,20-21,23H,13H2,(H,33,37). The molecule has 204 valence electrons. The normalized spacial score (nSPS) is 20.4. The van der Waals surface area contributed by atoms with Crippen LogP contribution in [0.4, 0.5) is 18.9 Å². The van der Waals surface area contributed by atoms with Crippen LogP contribution in [0.3, 0.4) is 0 Å². The van der Waals surface area contributed by atoms with Gasteiger partial charge in [0.2, 0.25) is 11.8 Å². The number of halogens is 4. The molecule has 4 aromatic rings. The molecule has 0 spiro atoms. The van der Waals surface area contributed by atoms with Crippen LogP contribution in [-0.2, 0) is 22.4 Å². The number of imide groups is 1. The first-order valence-corrected chi connectivity index (χ1v) is 14.5. The number of amides is 2. The third-order valence-electron chi connectivity index (χ3n) is 6.82. The van der Waals surface area contributed by atoms with Crippen LogP contribution >= 0.6 is 39.0 Å². The lowest BCUT2D eigenvalue weighted by Crippen LogP contribution is -2.33. The van der Waals surface area contributed by atoms with E-state index in [-0.39, 0.29) is 11.5 Å². The van der Waals surface area contributed by atoms with Crippen LogP contribution in [0.15, 0.2) is 87.1 Å². The molecule has 3 heterocycles. The van der Waals surface area contributed by atoms with Crippen molar-refractivity contribution in [3.05, 3.63) is 109 Å². The van der Waals surface area contributed by atoms with Crippen LogP contribution in [-0.4, -0.2) is 22.0 Å². The Hall–Kier alpha value is -3.35. The number of aromatic nitrogens is 1. The average Bonchev–Trinajstić information content (AvgIpc) is 3.42. The van der Waals surface area contributed by atoms with E-state index in [4.69, 9.17) is 4.74 Å². The van der Waals surface area contributed by atoms with Crippen molar-refractivity contribution in [1.29, 1.82) is 0 Å². The number of hydrogen-bond donors (Lipinski definition) is 1. The third kappa shape index (κ3) is 4.67. The topological polar surface area (TPSA) is 79.5 Å². The molecule has 1 N–H and O–H groups in total. The van der Waals surface area contributed by atoms with Gasteiger partial charge in [-0.3, -0.25) is 14.4 Å². The number of carbonyl (C=O) groups is 2. The lowest BCUT2D eigenvalue weighted by molar-refractivity contribution is -0.137. The second-order valence-electron chi connectivity index (χ2n) is 9.23. The van der Waals surface area contributed by atoms with Gasteiger partial charge < -0.3 is 9.72 Å². The molecule has 0 radical (unpaired) electrons. The zero-order valence-corrected chi connectivity index (χ0v) is 23.5. The number of carbonyl (C=O) groups excluding carboxylic acids is 2. The summed E-state index contributed by atoms with van der Waals surface area (Å²) in [6.45, 7) is 0.221. The van der Waals surface area contributed by atoms with E-state index in [1.54, 1.807) is 18.2 Å². The Labute approximate surface area is 242 Å². The Morgan fingerprint density at radius 2 is 1.68 bits per heavy atom. The molecule has 1 saturated heterocycles. The molecule has 6 rings (SSSR count). The molecule has 40 heavy (non-hydrogen) atoms. The summed E-state index contributed by atoms with van der Waals surface area (Å²) in [5, 5.41) is -0.625. The van der Waals surface area contributed by atoms with Crippen molar-refractivity contribution >= 4 is 56.5 Å². The first-order chi connectivity index (χ1) is 19.1. The number of aromatic amines is 1. The van der Waals surface area contributed by atoms with Crippen molar-refractivity contribution in [3.8, 4) is 5.75 Å². The van der Waals surface area contributed by atoms with Gasteiger partial charge in [-0.05, 0) is 35.9 Å². The van der Waals surface area contributed by atoms with Crippen molar-refractivity contribution in [2.45, 2.75) is 29.0 Å². The summed E-state index contributed by atoms with van der Waals surface area (Å²) >= 11 is 5.38. The van der Waals surface area contributed by atoms with E-state index in [1.807, 2.05) is 30.3 Å². The number of para-hydroxylation sites is 1. The lowest BCUT2D eigenvalue weighted by atomic mass is 9.82. The molecule has 0 saturated carbocycles. The van der Waals surface area contributed by atoms with Crippen LogP contribution in [0.2, 0.25) is 0 Å². The summed E-state index contributed by atoms with van der Waals surface area (Å²) < 4.78 is 48.5. The number of H-pyrrole nitrogens is 1. The van der Waals surface area contributed by atoms with Gasteiger partial charge in [0.25, 0.3) is 0 Å². The van der Waals surface area contributed by atoms with Gasteiger partial charge in [-0.2, -0.15) is 13.2 Å². The summed E-state index contributed by atoms with van der Waals surface area (Å²) in [7, 11) is 0. The molecule has 3 aromatic carbocycles. The van der Waals surface area contributed by atoms with Gasteiger partial charge in [-0.15, -0.1) is 0 Å². The van der Waals surface area contributed by atoms with E-state index >= 15 is 0 Å². The van der Waals surface area contributed by atoms with E-state index in [9.17, 15) is 27.6 Å². The largest absolute Gasteiger partial charge is 0.489 e. The van der Waals surface area contributed by atoms with Crippen LogP contribution in [0.1, 0.15) is 27.5 Å². The van der Waals surface area contributed by atoms with Crippen molar-refractivity contribution in [2.24, 2.45) is 5.92 Å². The van der Waals surface area contributed by atoms with Crippen molar-refractivity contribution < 1.29 is 27.5 Å². The van der Waals surface area contributed by atoms with Gasteiger partial charge in [-0.25, -0.2) is 4.90 Å². The molecule has 2 aliphatic rings. The monoisotopic (exact) mass is 646 g/mol. The molecule has 0 aliphatic carbocycles. The summed E-state index contributed by atoms with van der Waals surface area (Å²) in [4.78, 5) is 43.7. The zero-order chi connectivity index (χ0) is 28.2. The Morgan fingerprint density at radius 1 is 0.950 bits per heavy atom. The Kier molecular flexibility index (Phi) is 6.87. The second-order valence-corrected chi connectivity index (χ2v) is 12.3. The van der Waals surface area contributed by atoms with Crippen molar-refractivity contribution in [3.63, 3.8) is 0 Å². The smallest absolute Gasteiger partial charge is 0.418 e. The van der Waals surface area contributed by atoms with Crippen LogP contribution in [0.25, 0.3) is 0 Å². The predicted molar refractivity (Wildman–Crippen MR) is 149 cm³/mol. The maximum Gasteiger partial charge on any atom is 0.418 e. The highest BCUT2D eigenvalue weighted by Crippen LogP contribution is 2.55. The number of hydrogen-bond acceptors (Lipinski definition) is 6. The van der Waals surface area contributed by atoms with Crippen LogP contribution in [0, 0.1) is 5.92 Å². The van der Waals surface area contributed by atoms with Gasteiger partial charge in [-0.1, -0.05) is 81.5 Å². The Morgan fingerprint density at radius 3 is 2.42 bits per heavy atom. The first-order valence-electron chi connectivity index (χ1n) is 12.0. The number of fused-ring (bicyclic) bond motifs is 2. The molecule has 3 unspecified atom stereocenters. The second kappa shape index (κ2) is 10.2. The van der Waals surface area contributed by atoms with Crippen molar-refractivity contribution in [2.75, 3.05) is 4.90 Å². The molecular weight excluding hydrogens is 629 g/mol. The molecule has 0 bridgehead atoms. The first kappa shape index (κ1) is 26.9. The Bertz CT molecular complexity index is 1690. The number of ether oxygens (including phenoxy) is 1. The van der Waals surface area contributed by atoms with Crippen LogP contribution < -0.4 is 14.5 Å². The minimum absolute atomic E-state index is 0.221. The van der Waals surface area contributed by atoms with Gasteiger partial charge >= 0.3 is 11.0 Å². The molecule has 3 atom stereocenters. The van der Waals surface area contributed by atoms with Gasteiger partial charge in [0.15, 0.2) is 0 Å². The van der Waals surface area contributed by atoms with E-state index in [1.165, 1.54) is 12.1 Å². The molecule has 2 amide bonds. The predicted octanol–water partition coefficient (Wildman–Crippen LogP) is 6.59. The highest BCUT2D eigenvalue weighted by atomic mass is 79.9. The Balaban J connectivity index is 1.47. The molecule has 1 aromatic heterocycles. The molecule has 12 heteroatoms. The fourth-order valence-corrected chi connectivity index (χ4v) is 8.01. The maximum absolute atomic E-state index is 14.0. The number of benzene rings is 3. The van der Waals surface area contributed by atoms with E-state index in [0.717, 1.165) is 40.8 Å². The highest BCUT2D eigenvalue weighted by Gasteiger charge is 2.57. The average molecular weight is 647 g/mol. The number of anilines is 1. The number of thiazole rings is 1. The molecule has 2 aliphatic heterocycles. The van der Waals surface area contributed by atoms with Crippen molar-refractivity contribution in [1.82, 2.24) is 4.98 Å². The third-order valence-corrected chi connectivity index (χ3v) is 9.71. The van der Waals surface area contributed by atoms with E-state index in [0.29, 0.717) is 30.6 Å². The summed E-state index contributed by atoms with van der Waals surface area (Å²) in [6, 6.07) is 19.2. The lowest BCUT2D eigenvalue weighted by Gasteiger charge is -2.31.